The van der Waals surface area contributed by atoms with Gasteiger partial charge in [0, 0.05) is 17.7 Å². The molecule has 1 rings (SSSR count). The fourth-order valence-corrected chi connectivity index (χ4v) is 4.89. The molecule has 0 saturated heterocycles. The van der Waals surface area contributed by atoms with Gasteiger partial charge in [-0.05, 0) is 31.1 Å². The monoisotopic (exact) mass is 291 g/mol. The van der Waals surface area contributed by atoms with Crippen molar-refractivity contribution in [1.29, 1.82) is 0 Å². The minimum absolute atomic E-state index is 0.144. The maximum absolute atomic E-state index is 11.9. The van der Waals surface area contributed by atoms with Crippen LogP contribution in [0.5, 0.6) is 0 Å². The summed E-state index contributed by atoms with van der Waals surface area (Å²) in [5, 5.41) is 10.6. The van der Waals surface area contributed by atoms with Gasteiger partial charge < -0.3 is 10.8 Å². The quantitative estimate of drug-likeness (QED) is 0.781. The second kappa shape index (κ2) is 6.10. The van der Waals surface area contributed by atoms with Crippen LogP contribution in [0.15, 0.2) is 0 Å². The molecule has 0 radical (unpaired) electrons. The third-order valence-electron chi connectivity index (χ3n) is 4.65. The van der Waals surface area contributed by atoms with Crippen molar-refractivity contribution in [3.63, 3.8) is 0 Å². The van der Waals surface area contributed by atoms with Gasteiger partial charge in [-0.1, -0.05) is 27.2 Å². The van der Waals surface area contributed by atoms with Crippen molar-refractivity contribution in [2.45, 2.75) is 59.0 Å². The third kappa shape index (κ3) is 3.92. The van der Waals surface area contributed by atoms with Gasteiger partial charge in [0.05, 0.1) is 11.9 Å². The van der Waals surface area contributed by atoms with Crippen molar-refractivity contribution in [3.8, 4) is 0 Å². The molecule has 1 aliphatic carbocycles. The Morgan fingerprint density at radius 1 is 1.26 bits per heavy atom. The molecule has 3 N–H and O–H groups in total. The zero-order valence-electron chi connectivity index (χ0n) is 12.5. The normalized spacial score (nSPS) is 31.3. The standard InChI is InChI=1S/C14H29NO3S/c1-4-9-19(17,18)10-8-14(11-15)7-5-6-13(2,3)12(14)16/h12,16H,4-11,15H2,1-3H3. The van der Waals surface area contributed by atoms with Gasteiger partial charge >= 0.3 is 0 Å². The molecule has 2 atom stereocenters. The number of aliphatic hydroxyl groups is 1. The number of aliphatic hydroxyl groups excluding tert-OH is 1. The van der Waals surface area contributed by atoms with Crippen LogP contribution in [0.3, 0.4) is 0 Å². The van der Waals surface area contributed by atoms with E-state index >= 15 is 0 Å². The van der Waals surface area contributed by atoms with E-state index < -0.39 is 21.4 Å². The van der Waals surface area contributed by atoms with Crippen molar-refractivity contribution in [3.05, 3.63) is 0 Å². The zero-order chi connectivity index (χ0) is 14.7. The molecule has 0 heterocycles. The smallest absolute Gasteiger partial charge is 0.150 e. The van der Waals surface area contributed by atoms with Gasteiger partial charge in [-0.25, -0.2) is 8.42 Å². The summed E-state index contributed by atoms with van der Waals surface area (Å²) in [6.07, 6.45) is 3.42. The summed E-state index contributed by atoms with van der Waals surface area (Å²) >= 11 is 0. The van der Waals surface area contributed by atoms with Crippen LogP contribution < -0.4 is 5.73 Å². The van der Waals surface area contributed by atoms with Gasteiger partial charge in [0.15, 0.2) is 0 Å². The summed E-state index contributed by atoms with van der Waals surface area (Å²) in [5.74, 6) is 0.373. The highest BCUT2D eigenvalue weighted by Crippen LogP contribution is 2.47. The Morgan fingerprint density at radius 2 is 1.89 bits per heavy atom. The fourth-order valence-electron chi connectivity index (χ4n) is 3.35. The van der Waals surface area contributed by atoms with Crippen LogP contribution in [0.2, 0.25) is 0 Å². The summed E-state index contributed by atoms with van der Waals surface area (Å²) in [4.78, 5) is 0. The van der Waals surface area contributed by atoms with E-state index in [-0.39, 0.29) is 16.9 Å². The predicted octanol–water partition coefficient (Wildman–Crippen LogP) is 1.72. The highest BCUT2D eigenvalue weighted by Gasteiger charge is 2.47. The molecule has 0 spiro atoms. The maximum atomic E-state index is 11.9. The number of hydrogen-bond donors (Lipinski definition) is 2. The first kappa shape index (κ1) is 16.9. The van der Waals surface area contributed by atoms with Gasteiger partial charge in [0.2, 0.25) is 0 Å². The largest absolute Gasteiger partial charge is 0.392 e. The first-order chi connectivity index (χ1) is 8.69. The van der Waals surface area contributed by atoms with Crippen LogP contribution in [0.1, 0.15) is 52.9 Å². The molecule has 1 saturated carbocycles. The van der Waals surface area contributed by atoms with Crippen molar-refractivity contribution in [2.24, 2.45) is 16.6 Å². The van der Waals surface area contributed by atoms with Crippen LogP contribution in [0.4, 0.5) is 0 Å². The molecule has 0 aromatic carbocycles. The lowest BCUT2D eigenvalue weighted by molar-refractivity contribution is -0.0899. The van der Waals surface area contributed by atoms with Crippen LogP contribution >= 0.6 is 0 Å². The lowest BCUT2D eigenvalue weighted by Gasteiger charge is -2.49. The molecule has 0 bridgehead atoms. The maximum Gasteiger partial charge on any atom is 0.150 e. The molecule has 19 heavy (non-hydrogen) atoms. The summed E-state index contributed by atoms with van der Waals surface area (Å²) in [6.45, 7) is 6.32. The average Bonchev–Trinajstić information content (AvgIpc) is 2.31. The molecule has 0 aliphatic heterocycles. The molecule has 1 aliphatic rings. The predicted molar refractivity (Wildman–Crippen MR) is 78.7 cm³/mol. The average molecular weight is 291 g/mol. The second-order valence-electron chi connectivity index (χ2n) is 6.71. The molecule has 2 unspecified atom stereocenters. The van der Waals surface area contributed by atoms with E-state index in [2.05, 4.69) is 0 Å². The lowest BCUT2D eigenvalue weighted by atomic mass is 9.60. The van der Waals surface area contributed by atoms with Crippen LogP contribution in [0.25, 0.3) is 0 Å². The number of rotatable bonds is 6. The molecule has 1 fully saturated rings. The zero-order valence-corrected chi connectivity index (χ0v) is 13.3. The molecule has 114 valence electrons. The topological polar surface area (TPSA) is 80.4 Å². The Bertz CT molecular complexity index is 391. The van der Waals surface area contributed by atoms with Crippen molar-refractivity contribution >= 4 is 9.84 Å². The van der Waals surface area contributed by atoms with Gasteiger partial charge in [-0.15, -0.1) is 0 Å². The van der Waals surface area contributed by atoms with E-state index in [1.165, 1.54) is 0 Å². The molecule has 0 amide bonds. The first-order valence-corrected chi connectivity index (χ1v) is 9.10. The Kier molecular flexibility index (Phi) is 5.43. The molecule has 0 aromatic rings. The minimum atomic E-state index is -3.01. The SMILES string of the molecule is CCCS(=O)(=O)CCC1(CN)CCCC(C)(C)C1O. The molecular weight excluding hydrogens is 262 g/mol. The highest BCUT2D eigenvalue weighted by molar-refractivity contribution is 7.91. The number of nitrogens with two attached hydrogens (primary N) is 1. The van der Waals surface area contributed by atoms with Crippen molar-refractivity contribution < 1.29 is 13.5 Å². The van der Waals surface area contributed by atoms with Crippen LogP contribution in [0, 0.1) is 10.8 Å². The van der Waals surface area contributed by atoms with E-state index in [0.717, 1.165) is 19.3 Å². The Hall–Kier alpha value is -0.130. The Labute approximate surface area is 117 Å². The summed E-state index contributed by atoms with van der Waals surface area (Å²) in [5.41, 5.74) is 5.30. The van der Waals surface area contributed by atoms with E-state index in [4.69, 9.17) is 5.73 Å². The number of sulfone groups is 1. The first-order valence-electron chi connectivity index (χ1n) is 7.28. The summed E-state index contributed by atoms with van der Waals surface area (Å²) in [6, 6.07) is 0. The molecule has 4 nitrogen and oxygen atoms in total. The van der Waals surface area contributed by atoms with Crippen LogP contribution in [-0.4, -0.2) is 37.7 Å². The molecule has 5 heteroatoms. The van der Waals surface area contributed by atoms with E-state index in [1.807, 2.05) is 20.8 Å². The highest BCUT2D eigenvalue weighted by atomic mass is 32.2. The number of hydrogen-bond acceptors (Lipinski definition) is 4. The van der Waals surface area contributed by atoms with Gasteiger partial charge in [-0.3, -0.25) is 0 Å². The van der Waals surface area contributed by atoms with Crippen LogP contribution in [-0.2, 0) is 9.84 Å². The van der Waals surface area contributed by atoms with E-state index in [1.54, 1.807) is 0 Å². The Morgan fingerprint density at radius 3 is 2.42 bits per heavy atom. The Balaban J connectivity index is 2.81. The van der Waals surface area contributed by atoms with Gasteiger partial charge in [0.25, 0.3) is 0 Å². The fraction of sp³-hybridized carbons (Fsp3) is 1.00. The second-order valence-corrected chi connectivity index (χ2v) is 9.02. The molecule has 0 aromatic heterocycles. The summed E-state index contributed by atoms with van der Waals surface area (Å²) < 4.78 is 23.8. The lowest BCUT2D eigenvalue weighted by Crippen LogP contribution is -2.53. The van der Waals surface area contributed by atoms with E-state index in [0.29, 0.717) is 19.4 Å². The van der Waals surface area contributed by atoms with Crippen molar-refractivity contribution in [1.82, 2.24) is 0 Å². The van der Waals surface area contributed by atoms with Gasteiger partial charge in [-0.2, -0.15) is 0 Å². The van der Waals surface area contributed by atoms with E-state index in [9.17, 15) is 13.5 Å². The minimum Gasteiger partial charge on any atom is -0.392 e. The third-order valence-corrected chi connectivity index (χ3v) is 6.51. The van der Waals surface area contributed by atoms with Gasteiger partial charge in [0.1, 0.15) is 9.84 Å². The van der Waals surface area contributed by atoms with Crippen molar-refractivity contribution in [2.75, 3.05) is 18.1 Å². The molecular formula is C14H29NO3S. The summed E-state index contributed by atoms with van der Waals surface area (Å²) in [7, 11) is -3.01.